The van der Waals surface area contributed by atoms with Gasteiger partial charge in [0, 0.05) is 42.9 Å². The maximum atomic E-state index is 13.0. The average Bonchev–Trinajstić information content (AvgIpc) is 2.67. The number of carbonyl (C=O) groups is 1. The Hall–Kier alpha value is -1.48. The van der Waals surface area contributed by atoms with Gasteiger partial charge < -0.3 is 14.5 Å². The SMILES string of the molecule is CC(C)(C)OC(=O)N1CCN(c2ccc(Br)cc2CN2CCC(C(F)(F)F)CC2)CC1. The number of rotatable bonds is 3. The number of likely N-dealkylation sites (tertiary alicyclic amines) is 1. The lowest BCUT2D eigenvalue weighted by Crippen LogP contribution is -2.50. The molecular formula is C22H31BrF3N3O2. The molecule has 0 saturated carbocycles. The number of piperidine rings is 1. The summed E-state index contributed by atoms with van der Waals surface area (Å²) >= 11 is 3.52. The Labute approximate surface area is 190 Å². The highest BCUT2D eigenvalue weighted by Gasteiger charge is 2.41. The van der Waals surface area contributed by atoms with E-state index in [2.05, 4.69) is 25.7 Å². The third kappa shape index (κ3) is 6.75. The van der Waals surface area contributed by atoms with Gasteiger partial charge in [0.05, 0.1) is 5.92 Å². The Morgan fingerprint density at radius 1 is 1.06 bits per heavy atom. The molecule has 0 spiro atoms. The first-order valence-corrected chi connectivity index (χ1v) is 11.5. The monoisotopic (exact) mass is 505 g/mol. The highest BCUT2D eigenvalue weighted by atomic mass is 79.9. The number of ether oxygens (including phenoxy) is 1. The topological polar surface area (TPSA) is 36.0 Å². The highest BCUT2D eigenvalue weighted by Crippen LogP contribution is 2.35. The normalized spacial score (nSPS) is 19.6. The van der Waals surface area contributed by atoms with Crippen molar-refractivity contribution in [2.45, 2.75) is 51.9 Å². The van der Waals surface area contributed by atoms with Crippen LogP contribution in [0.1, 0.15) is 39.2 Å². The van der Waals surface area contributed by atoms with Crippen LogP contribution >= 0.6 is 15.9 Å². The molecule has 1 aromatic carbocycles. The number of carbonyl (C=O) groups excluding carboxylic acids is 1. The zero-order valence-electron chi connectivity index (χ0n) is 18.3. The summed E-state index contributed by atoms with van der Waals surface area (Å²) in [5.74, 6) is -1.19. The number of anilines is 1. The molecule has 0 aliphatic carbocycles. The Balaban J connectivity index is 1.62. The molecule has 0 radical (unpaired) electrons. The summed E-state index contributed by atoms with van der Waals surface area (Å²) in [5, 5.41) is 0. The van der Waals surface area contributed by atoms with Crippen LogP contribution in [0.2, 0.25) is 0 Å². The summed E-state index contributed by atoms with van der Waals surface area (Å²) in [6.07, 6.45) is -4.08. The second-order valence-corrected chi connectivity index (χ2v) is 10.2. The first kappa shape index (κ1) is 24.2. The van der Waals surface area contributed by atoms with Gasteiger partial charge in [0.1, 0.15) is 5.60 Å². The summed E-state index contributed by atoms with van der Waals surface area (Å²) in [7, 11) is 0. The molecule has 2 heterocycles. The molecule has 0 bridgehead atoms. The first-order valence-electron chi connectivity index (χ1n) is 10.7. The summed E-state index contributed by atoms with van der Waals surface area (Å²) in [6, 6.07) is 6.07. The largest absolute Gasteiger partial charge is 0.444 e. The van der Waals surface area contributed by atoms with Crippen LogP contribution in [0.3, 0.4) is 0 Å². The summed E-state index contributed by atoms with van der Waals surface area (Å²) < 4.78 is 45.3. The fraction of sp³-hybridized carbons (Fsp3) is 0.682. The molecule has 0 atom stereocenters. The molecule has 1 amide bonds. The molecule has 2 aliphatic heterocycles. The van der Waals surface area contributed by atoms with Gasteiger partial charge in [-0.1, -0.05) is 15.9 Å². The maximum Gasteiger partial charge on any atom is 0.410 e. The predicted molar refractivity (Wildman–Crippen MR) is 118 cm³/mol. The van der Waals surface area contributed by atoms with E-state index in [0.29, 0.717) is 45.8 Å². The van der Waals surface area contributed by atoms with Crippen molar-refractivity contribution in [1.29, 1.82) is 0 Å². The molecule has 0 aromatic heterocycles. The molecule has 2 aliphatic rings. The Bertz CT molecular complexity index is 766. The number of piperazine rings is 1. The van der Waals surface area contributed by atoms with Gasteiger partial charge in [-0.2, -0.15) is 13.2 Å². The third-order valence-electron chi connectivity index (χ3n) is 5.76. The lowest BCUT2D eigenvalue weighted by molar-refractivity contribution is -0.185. The fourth-order valence-electron chi connectivity index (χ4n) is 4.10. The Morgan fingerprint density at radius 3 is 2.23 bits per heavy atom. The Morgan fingerprint density at radius 2 is 1.68 bits per heavy atom. The lowest BCUT2D eigenvalue weighted by Gasteiger charge is -2.38. The van der Waals surface area contributed by atoms with E-state index < -0.39 is 17.7 Å². The molecule has 2 saturated heterocycles. The molecule has 2 fully saturated rings. The van der Waals surface area contributed by atoms with Crippen molar-refractivity contribution in [3.63, 3.8) is 0 Å². The minimum Gasteiger partial charge on any atom is -0.444 e. The van der Waals surface area contributed by atoms with Gasteiger partial charge in [0.2, 0.25) is 0 Å². The van der Waals surface area contributed by atoms with Crippen molar-refractivity contribution in [3.8, 4) is 0 Å². The molecule has 5 nitrogen and oxygen atoms in total. The van der Waals surface area contributed by atoms with Crippen LogP contribution in [0.15, 0.2) is 22.7 Å². The van der Waals surface area contributed by atoms with E-state index in [4.69, 9.17) is 4.74 Å². The molecule has 3 rings (SSSR count). The summed E-state index contributed by atoms with van der Waals surface area (Å²) in [4.78, 5) is 18.4. The van der Waals surface area contributed by atoms with Gasteiger partial charge in [-0.3, -0.25) is 4.90 Å². The molecule has 1 aromatic rings. The second kappa shape index (κ2) is 9.57. The number of amides is 1. The van der Waals surface area contributed by atoms with E-state index in [0.717, 1.165) is 15.7 Å². The number of nitrogens with zero attached hydrogens (tertiary/aromatic N) is 3. The van der Waals surface area contributed by atoms with Gasteiger partial charge >= 0.3 is 12.3 Å². The minimum atomic E-state index is -4.10. The molecule has 0 unspecified atom stereocenters. The number of halogens is 4. The van der Waals surface area contributed by atoms with Crippen LogP contribution in [0.4, 0.5) is 23.7 Å². The van der Waals surface area contributed by atoms with E-state index in [1.165, 1.54) is 0 Å². The zero-order valence-corrected chi connectivity index (χ0v) is 19.9. The van der Waals surface area contributed by atoms with Crippen molar-refractivity contribution in [2.75, 3.05) is 44.2 Å². The van der Waals surface area contributed by atoms with Crippen molar-refractivity contribution in [1.82, 2.24) is 9.80 Å². The molecular weight excluding hydrogens is 475 g/mol. The highest BCUT2D eigenvalue weighted by molar-refractivity contribution is 9.10. The number of alkyl halides is 3. The van der Waals surface area contributed by atoms with E-state index in [9.17, 15) is 18.0 Å². The zero-order chi connectivity index (χ0) is 22.8. The van der Waals surface area contributed by atoms with E-state index in [1.54, 1.807) is 4.90 Å². The third-order valence-corrected chi connectivity index (χ3v) is 6.25. The van der Waals surface area contributed by atoms with Crippen molar-refractivity contribution in [3.05, 3.63) is 28.2 Å². The smallest absolute Gasteiger partial charge is 0.410 e. The van der Waals surface area contributed by atoms with Crippen LogP contribution < -0.4 is 4.90 Å². The molecule has 174 valence electrons. The van der Waals surface area contributed by atoms with Crippen LogP contribution in [0, 0.1) is 5.92 Å². The lowest BCUT2D eigenvalue weighted by atomic mass is 9.96. The van der Waals surface area contributed by atoms with Gasteiger partial charge in [0.25, 0.3) is 0 Å². The van der Waals surface area contributed by atoms with Gasteiger partial charge in [-0.25, -0.2) is 4.79 Å². The van der Waals surface area contributed by atoms with Gasteiger partial charge in [-0.05, 0) is 70.5 Å². The minimum absolute atomic E-state index is 0.154. The first-order chi connectivity index (χ1) is 14.4. The van der Waals surface area contributed by atoms with Gasteiger partial charge in [0.15, 0.2) is 0 Å². The van der Waals surface area contributed by atoms with E-state index >= 15 is 0 Å². The fourth-order valence-corrected chi connectivity index (χ4v) is 4.51. The van der Waals surface area contributed by atoms with Crippen molar-refractivity contribution in [2.24, 2.45) is 5.92 Å². The Kier molecular flexibility index (Phi) is 7.46. The summed E-state index contributed by atoms with van der Waals surface area (Å²) in [6.45, 7) is 9.58. The predicted octanol–water partition coefficient (Wildman–Crippen LogP) is 5.28. The van der Waals surface area contributed by atoms with Crippen LogP contribution in [-0.2, 0) is 11.3 Å². The van der Waals surface area contributed by atoms with E-state index in [-0.39, 0.29) is 18.9 Å². The average molecular weight is 506 g/mol. The van der Waals surface area contributed by atoms with E-state index in [1.807, 2.05) is 39.0 Å². The van der Waals surface area contributed by atoms with Crippen LogP contribution in [0.5, 0.6) is 0 Å². The number of hydrogen-bond acceptors (Lipinski definition) is 4. The van der Waals surface area contributed by atoms with Crippen molar-refractivity contribution < 1.29 is 22.7 Å². The summed E-state index contributed by atoms with van der Waals surface area (Å²) in [5.41, 5.74) is 1.64. The second-order valence-electron chi connectivity index (χ2n) is 9.32. The maximum absolute atomic E-state index is 13.0. The quantitative estimate of drug-likeness (QED) is 0.559. The number of benzene rings is 1. The molecule has 31 heavy (non-hydrogen) atoms. The number of hydrogen-bond donors (Lipinski definition) is 0. The van der Waals surface area contributed by atoms with Gasteiger partial charge in [-0.15, -0.1) is 0 Å². The standard InChI is InChI=1S/C22H31BrF3N3O2/c1-21(2,3)31-20(30)29-12-10-28(11-13-29)19-5-4-18(23)14-16(19)15-27-8-6-17(7-9-27)22(24,25)26/h4-5,14,17H,6-13,15H2,1-3H3. The molecule has 9 heteroatoms. The van der Waals surface area contributed by atoms with Crippen LogP contribution in [0.25, 0.3) is 0 Å². The van der Waals surface area contributed by atoms with Crippen molar-refractivity contribution >= 4 is 27.7 Å². The molecule has 0 N–H and O–H groups in total. The van der Waals surface area contributed by atoms with Crippen LogP contribution in [-0.4, -0.2) is 66.9 Å².